The van der Waals surface area contributed by atoms with Crippen LogP contribution in [0.2, 0.25) is 0 Å². The molecule has 2 aromatic rings. The van der Waals surface area contributed by atoms with Gasteiger partial charge in [0.25, 0.3) is 0 Å². The Balaban J connectivity index is 1.60. The van der Waals surface area contributed by atoms with Gasteiger partial charge in [-0.25, -0.2) is 0 Å². The first-order valence-corrected chi connectivity index (χ1v) is 8.21. The van der Waals surface area contributed by atoms with Gasteiger partial charge in [0.2, 0.25) is 5.91 Å². The maximum Gasteiger partial charge on any atom is 0.231 e. The molecule has 2 aliphatic heterocycles. The zero-order valence-electron chi connectivity index (χ0n) is 13.3. The van der Waals surface area contributed by atoms with Crippen molar-refractivity contribution in [3.8, 4) is 0 Å². The SMILES string of the molecule is C[C@]1(Cc2ccccc2)C[C@H]2CO[C@H](c3ccccc3)N2C1=O. The molecule has 4 rings (SSSR count). The third-order valence-electron chi connectivity index (χ3n) is 5.05. The van der Waals surface area contributed by atoms with Gasteiger partial charge in [0.05, 0.1) is 18.1 Å². The zero-order valence-corrected chi connectivity index (χ0v) is 13.3. The molecule has 2 fully saturated rings. The molecule has 0 aromatic heterocycles. The molecule has 2 aromatic carbocycles. The first kappa shape index (κ1) is 14.5. The Morgan fingerprint density at radius 3 is 2.43 bits per heavy atom. The van der Waals surface area contributed by atoms with Gasteiger partial charge in [-0.1, -0.05) is 67.6 Å². The third-order valence-corrected chi connectivity index (χ3v) is 5.05. The highest BCUT2D eigenvalue weighted by Crippen LogP contribution is 2.46. The van der Waals surface area contributed by atoms with E-state index >= 15 is 0 Å². The number of hydrogen-bond donors (Lipinski definition) is 0. The average Bonchev–Trinajstić information content (AvgIpc) is 3.08. The fourth-order valence-corrected chi connectivity index (χ4v) is 3.97. The third kappa shape index (κ3) is 2.45. The van der Waals surface area contributed by atoms with Gasteiger partial charge in [-0.15, -0.1) is 0 Å². The van der Waals surface area contributed by atoms with E-state index in [0.29, 0.717) is 6.61 Å². The quantitative estimate of drug-likeness (QED) is 0.867. The van der Waals surface area contributed by atoms with Crippen LogP contribution in [0.5, 0.6) is 0 Å². The summed E-state index contributed by atoms with van der Waals surface area (Å²) in [5, 5.41) is 0. The van der Waals surface area contributed by atoms with Crippen molar-refractivity contribution in [2.75, 3.05) is 6.61 Å². The van der Waals surface area contributed by atoms with Crippen molar-refractivity contribution in [3.05, 3.63) is 71.8 Å². The lowest BCUT2D eigenvalue weighted by Crippen LogP contribution is -2.36. The Hall–Kier alpha value is -2.13. The highest BCUT2D eigenvalue weighted by molar-refractivity contribution is 5.86. The van der Waals surface area contributed by atoms with Crippen molar-refractivity contribution in [1.82, 2.24) is 4.90 Å². The number of carbonyl (C=O) groups excluding carboxylic acids is 1. The molecule has 2 saturated heterocycles. The van der Waals surface area contributed by atoms with Crippen molar-refractivity contribution in [1.29, 1.82) is 0 Å². The highest BCUT2D eigenvalue weighted by atomic mass is 16.5. The van der Waals surface area contributed by atoms with E-state index in [4.69, 9.17) is 4.74 Å². The summed E-state index contributed by atoms with van der Waals surface area (Å²) in [4.78, 5) is 15.1. The van der Waals surface area contributed by atoms with Crippen molar-refractivity contribution in [3.63, 3.8) is 0 Å². The van der Waals surface area contributed by atoms with Crippen LogP contribution in [0.3, 0.4) is 0 Å². The van der Waals surface area contributed by atoms with E-state index < -0.39 is 0 Å². The number of fused-ring (bicyclic) bond motifs is 1. The predicted molar refractivity (Wildman–Crippen MR) is 88.6 cm³/mol. The van der Waals surface area contributed by atoms with E-state index in [1.807, 2.05) is 53.4 Å². The maximum absolute atomic E-state index is 13.1. The lowest BCUT2D eigenvalue weighted by molar-refractivity contribution is -0.141. The molecule has 3 atom stereocenters. The fraction of sp³-hybridized carbons (Fsp3) is 0.350. The van der Waals surface area contributed by atoms with Crippen LogP contribution >= 0.6 is 0 Å². The van der Waals surface area contributed by atoms with E-state index in [2.05, 4.69) is 19.1 Å². The van der Waals surface area contributed by atoms with E-state index in [1.165, 1.54) is 5.56 Å². The second kappa shape index (κ2) is 5.50. The van der Waals surface area contributed by atoms with Crippen molar-refractivity contribution < 1.29 is 9.53 Å². The minimum atomic E-state index is -0.331. The highest BCUT2D eigenvalue weighted by Gasteiger charge is 2.54. The predicted octanol–water partition coefficient (Wildman–Crippen LogP) is 3.57. The largest absolute Gasteiger partial charge is 0.352 e. The standard InChI is InChI=1S/C20H21NO2/c1-20(12-15-8-4-2-5-9-15)13-17-14-23-18(21(17)19(20)22)16-10-6-3-7-11-16/h2-11,17-18H,12-14H2,1H3/t17-,18+,20-/m0/s1. The molecule has 0 N–H and O–H groups in total. The molecule has 3 nitrogen and oxygen atoms in total. The Morgan fingerprint density at radius 2 is 1.74 bits per heavy atom. The van der Waals surface area contributed by atoms with Gasteiger partial charge in [-0.3, -0.25) is 4.79 Å². The van der Waals surface area contributed by atoms with Crippen LogP contribution in [0.25, 0.3) is 0 Å². The molecule has 0 radical (unpaired) electrons. The van der Waals surface area contributed by atoms with Crippen molar-refractivity contribution >= 4 is 5.91 Å². The van der Waals surface area contributed by atoms with E-state index in [1.54, 1.807) is 0 Å². The summed E-state index contributed by atoms with van der Waals surface area (Å²) in [6, 6.07) is 20.5. The van der Waals surface area contributed by atoms with E-state index in [0.717, 1.165) is 18.4 Å². The van der Waals surface area contributed by atoms with Crippen LogP contribution in [0.15, 0.2) is 60.7 Å². The smallest absolute Gasteiger partial charge is 0.231 e. The zero-order chi connectivity index (χ0) is 15.9. The minimum absolute atomic E-state index is 0.196. The Bertz CT molecular complexity index is 700. The fourth-order valence-electron chi connectivity index (χ4n) is 3.97. The van der Waals surface area contributed by atoms with Crippen LogP contribution in [-0.4, -0.2) is 23.5 Å². The molecule has 3 heteroatoms. The Morgan fingerprint density at radius 1 is 1.09 bits per heavy atom. The van der Waals surface area contributed by atoms with Gasteiger partial charge >= 0.3 is 0 Å². The van der Waals surface area contributed by atoms with Gasteiger partial charge < -0.3 is 9.64 Å². The number of nitrogens with zero attached hydrogens (tertiary/aromatic N) is 1. The van der Waals surface area contributed by atoms with Crippen molar-refractivity contribution in [2.45, 2.75) is 32.0 Å². The summed E-state index contributed by atoms with van der Waals surface area (Å²) in [5.41, 5.74) is 1.96. The number of hydrogen-bond acceptors (Lipinski definition) is 2. The molecule has 2 heterocycles. The number of rotatable bonds is 3. The van der Waals surface area contributed by atoms with Crippen LogP contribution in [0.1, 0.15) is 30.7 Å². The lowest BCUT2D eigenvalue weighted by atomic mass is 9.81. The van der Waals surface area contributed by atoms with Gasteiger partial charge in [-0.2, -0.15) is 0 Å². The number of ether oxygens (including phenoxy) is 1. The lowest BCUT2D eigenvalue weighted by Gasteiger charge is -2.27. The summed E-state index contributed by atoms with van der Waals surface area (Å²) in [7, 11) is 0. The van der Waals surface area contributed by atoms with Crippen LogP contribution in [0, 0.1) is 5.41 Å². The van der Waals surface area contributed by atoms with Gasteiger partial charge in [0.15, 0.2) is 6.23 Å². The van der Waals surface area contributed by atoms with Gasteiger partial charge in [0, 0.05) is 5.56 Å². The average molecular weight is 307 g/mol. The summed E-state index contributed by atoms with van der Waals surface area (Å²) < 4.78 is 5.93. The molecular formula is C20H21NO2. The molecule has 2 aliphatic rings. The topological polar surface area (TPSA) is 29.5 Å². The number of carbonyl (C=O) groups is 1. The van der Waals surface area contributed by atoms with Crippen LogP contribution < -0.4 is 0 Å². The molecule has 0 saturated carbocycles. The molecule has 0 spiro atoms. The van der Waals surface area contributed by atoms with E-state index in [9.17, 15) is 4.79 Å². The van der Waals surface area contributed by atoms with Gasteiger partial charge in [-0.05, 0) is 18.4 Å². The summed E-state index contributed by atoms with van der Waals surface area (Å²) in [6.45, 7) is 2.73. The second-order valence-corrected chi connectivity index (χ2v) is 6.89. The van der Waals surface area contributed by atoms with Crippen molar-refractivity contribution in [2.24, 2.45) is 5.41 Å². The maximum atomic E-state index is 13.1. The molecule has 0 unspecified atom stereocenters. The molecule has 23 heavy (non-hydrogen) atoms. The molecule has 118 valence electrons. The number of amides is 1. The monoisotopic (exact) mass is 307 g/mol. The molecular weight excluding hydrogens is 286 g/mol. The van der Waals surface area contributed by atoms with Crippen LogP contribution in [0.4, 0.5) is 0 Å². The van der Waals surface area contributed by atoms with E-state index in [-0.39, 0.29) is 23.6 Å². The normalized spacial score (nSPS) is 29.8. The molecule has 0 bridgehead atoms. The first-order chi connectivity index (χ1) is 11.2. The second-order valence-electron chi connectivity index (χ2n) is 6.89. The Labute approximate surface area is 136 Å². The summed E-state index contributed by atoms with van der Waals surface area (Å²) >= 11 is 0. The molecule has 0 aliphatic carbocycles. The van der Waals surface area contributed by atoms with Crippen LogP contribution in [-0.2, 0) is 16.0 Å². The summed E-state index contributed by atoms with van der Waals surface area (Å²) in [5.74, 6) is 0.220. The Kier molecular flexibility index (Phi) is 3.46. The van der Waals surface area contributed by atoms with Gasteiger partial charge in [0.1, 0.15) is 0 Å². The molecule has 1 amide bonds. The number of benzene rings is 2. The summed E-state index contributed by atoms with van der Waals surface area (Å²) in [6.07, 6.45) is 1.43. The first-order valence-electron chi connectivity index (χ1n) is 8.21. The minimum Gasteiger partial charge on any atom is -0.352 e.